The van der Waals surface area contributed by atoms with Crippen LogP contribution >= 0.6 is 0 Å². The van der Waals surface area contributed by atoms with E-state index in [1.165, 1.54) is 0 Å². The Labute approximate surface area is 124 Å². The van der Waals surface area contributed by atoms with Crippen LogP contribution in [0.15, 0.2) is 47.1 Å². The quantitative estimate of drug-likeness (QED) is 0.914. The average molecular weight is 284 g/mol. The largest absolute Gasteiger partial charge is 0.469 e. The summed E-state index contributed by atoms with van der Waals surface area (Å²) >= 11 is 0. The summed E-state index contributed by atoms with van der Waals surface area (Å²) in [7, 11) is 0. The van der Waals surface area contributed by atoms with Gasteiger partial charge in [-0.05, 0) is 49.7 Å². The van der Waals surface area contributed by atoms with Gasteiger partial charge in [0.05, 0.1) is 6.26 Å². The topological polar surface area (TPSA) is 45.5 Å². The van der Waals surface area contributed by atoms with E-state index in [0.717, 1.165) is 36.5 Å². The minimum atomic E-state index is 0.224. The molecule has 4 nitrogen and oxygen atoms in total. The maximum Gasteiger partial charge on any atom is 0.227 e. The van der Waals surface area contributed by atoms with Gasteiger partial charge in [-0.25, -0.2) is 0 Å². The average Bonchev–Trinajstić information content (AvgIpc) is 3.11. The molecule has 4 heteroatoms. The van der Waals surface area contributed by atoms with Gasteiger partial charge in [0, 0.05) is 36.8 Å². The van der Waals surface area contributed by atoms with E-state index >= 15 is 0 Å². The van der Waals surface area contributed by atoms with E-state index in [4.69, 9.17) is 4.42 Å². The van der Waals surface area contributed by atoms with Crippen LogP contribution in [0.25, 0.3) is 0 Å². The summed E-state index contributed by atoms with van der Waals surface area (Å²) in [5.41, 5.74) is 2.05. The van der Waals surface area contributed by atoms with Crippen molar-refractivity contribution in [3.05, 3.63) is 48.4 Å². The number of furan rings is 1. The second kappa shape index (κ2) is 6.04. The van der Waals surface area contributed by atoms with Crippen molar-refractivity contribution >= 4 is 17.3 Å². The van der Waals surface area contributed by atoms with Crippen LogP contribution in [0.5, 0.6) is 0 Å². The summed E-state index contributed by atoms with van der Waals surface area (Å²) in [6, 6.07) is 12.2. The number of hydrogen-bond donors (Lipinski definition) is 1. The van der Waals surface area contributed by atoms with Crippen molar-refractivity contribution in [2.75, 3.05) is 16.8 Å². The highest BCUT2D eigenvalue weighted by Gasteiger charge is 2.21. The first-order valence-electron chi connectivity index (χ1n) is 7.42. The number of carbonyl (C=O) groups excluding carboxylic acids is 1. The van der Waals surface area contributed by atoms with Crippen molar-refractivity contribution in [3.8, 4) is 0 Å². The zero-order valence-electron chi connectivity index (χ0n) is 12.2. The Kier molecular flexibility index (Phi) is 3.95. The first kappa shape index (κ1) is 13.7. The van der Waals surface area contributed by atoms with Gasteiger partial charge < -0.3 is 14.6 Å². The maximum atomic E-state index is 11.7. The van der Waals surface area contributed by atoms with Gasteiger partial charge in [0.2, 0.25) is 5.91 Å². The summed E-state index contributed by atoms with van der Waals surface area (Å²) in [5, 5.41) is 3.45. The Morgan fingerprint density at radius 1 is 1.29 bits per heavy atom. The van der Waals surface area contributed by atoms with Crippen molar-refractivity contribution in [2.45, 2.75) is 32.2 Å². The lowest BCUT2D eigenvalue weighted by molar-refractivity contribution is -0.117. The van der Waals surface area contributed by atoms with Crippen LogP contribution in [0.2, 0.25) is 0 Å². The van der Waals surface area contributed by atoms with Crippen LogP contribution < -0.4 is 10.2 Å². The Hall–Kier alpha value is -2.23. The monoisotopic (exact) mass is 284 g/mol. The molecule has 3 rings (SSSR count). The molecule has 0 radical (unpaired) electrons. The molecule has 1 amide bonds. The lowest BCUT2D eigenvalue weighted by atomic mass is 10.2. The van der Waals surface area contributed by atoms with Crippen LogP contribution in [0.3, 0.4) is 0 Å². The summed E-state index contributed by atoms with van der Waals surface area (Å²) in [6.07, 6.45) is 4.17. The van der Waals surface area contributed by atoms with E-state index < -0.39 is 0 Å². The minimum Gasteiger partial charge on any atom is -0.469 e. The van der Waals surface area contributed by atoms with Crippen LogP contribution in [0.4, 0.5) is 11.4 Å². The molecule has 1 N–H and O–H groups in total. The Morgan fingerprint density at radius 3 is 2.71 bits per heavy atom. The van der Waals surface area contributed by atoms with Crippen molar-refractivity contribution in [1.82, 2.24) is 0 Å². The lowest BCUT2D eigenvalue weighted by Crippen LogP contribution is -2.23. The normalized spacial score (nSPS) is 16.2. The number of carbonyl (C=O) groups is 1. The molecule has 1 atom stereocenters. The smallest absolute Gasteiger partial charge is 0.227 e. The fourth-order valence-electron chi connectivity index (χ4n) is 2.72. The molecule has 1 aromatic heterocycles. The standard InChI is InChI=1S/C17H20N2O2/c1-13(12-16-4-3-11-21-16)18-14-6-8-15(9-7-14)19-10-2-5-17(19)20/h3-4,6-9,11,13,18H,2,5,10,12H2,1H3. The molecule has 0 bridgehead atoms. The molecule has 21 heavy (non-hydrogen) atoms. The van der Waals surface area contributed by atoms with Gasteiger partial charge in [-0.1, -0.05) is 0 Å². The summed E-state index contributed by atoms with van der Waals surface area (Å²) in [4.78, 5) is 13.6. The molecular formula is C17H20N2O2. The van der Waals surface area contributed by atoms with Gasteiger partial charge in [-0.15, -0.1) is 0 Å². The zero-order chi connectivity index (χ0) is 14.7. The maximum absolute atomic E-state index is 11.7. The predicted octanol–water partition coefficient (Wildman–Crippen LogP) is 3.45. The first-order chi connectivity index (χ1) is 10.2. The second-order valence-corrected chi connectivity index (χ2v) is 5.52. The van der Waals surface area contributed by atoms with Crippen molar-refractivity contribution in [3.63, 3.8) is 0 Å². The predicted molar refractivity (Wildman–Crippen MR) is 83.5 cm³/mol. The van der Waals surface area contributed by atoms with E-state index in [9.17, 15) is 4.79 Å². The van der Waals surface area contributed by atoms with Crippen LogP contribution in [-0.4, -0.2) is 18.5 Å². The molecule has 1 aliphatic heterocycles. The molecule has 0 saturated carbocycles. The number of hydrogen-bond acceptors (Lipinski definition) is 3. The molecule has 2 aromatic rings. The van der Waals surface area contributed by atoms with Gasteiger partial charge in [0.25, 0.3) is 0 Å². The van der Waals surface area contributed by atoms with Gasteiger partial charge in [-0.2, -0.15) is 0 Å². The van der Waals surface area contributed by atoms with E-state index in [2.05, 4.69) is 12.2 Å². The molecule has 110 valence electrons. The second-order valence-electron chi connectivity index (χ2n) is 5.52. The third-order valence-electron chi connectivity index (χ3n) is 3.75. The molecule has 0 aliphatic carbocycles. The lowest BCUT2D eigenvalue weighted by Gasteiger charge is -2.18. The Morgan fingerprint density at radius 2 is 2.10 bits per heavy atom. The molecule has 1 fully saturated rings. The van der Waals surface area contributed by atoms with Crippen molar-refractivity contribution in [1.29, 1.82) is 0 Å². The van der Waals surface area contributed by atoms with Crippen molar-refractivity contribution < 1.29 is 9.21 Å². The molecule has 1 unspecified atom stereocenters. The fourth-order valence-corrected chi connectivity index (χ4v) is 2.72. The van der Waals surface area contributed by atoms with Crippen LogP contribution in [0, 0.1) is 0 Å². The summed E-state index contributed by atoms with van der Waals surface area (Å²) in [5.74, 6) is 1.20. The minimum absolute atomic E-state index is 0.224. The third-order valence-corrected chi connectivity index (χ3v) is 3.75. The molecule has 1 saturated heterocycles. The van der Waals surface area contributed by atoms with Gasteiger partial charge in [-0.3, -0.25) is 4.79 Å². The SMILES string of the molecule is CC(Cc1ccco1)Nc1ccc(N2CCCC2=O)cc1. The highest BCUT2D eigenvalue weighted by molar-refractivity contribution is 5.95. The third kappa shape index (κ3) is 3.27. The summed E-state index contributed by atoms with van der Waals surface area (Å²) in [6.45, 7) is 2.96. The van der Waals surface area contributed by atoms with E-state index in [1.54, 1.807) is 6.26 Å². The number of amides is 1. The molecule has 2 heterocycles. The zero-order valence-corrected chi connectivity index (χ0v) is 12.2. The first-order valence-corrected chi connectivity index (χ1v) is 7.42. The van der Waals surface area contributed by atoms with Crippen LogP contribution in [-0.2, 0) is 11.2 Å². The number of nitrogens with zero attached hydrogens (tertiary/aromatic N) is 1. The van der Waals surface area contributed by atoms with Gasteiger partial charge in [0.15, 0.2) is 0 Å². The van der Waals surface area contributed by atoms with Crippen LogP contribution in [0.1, 0.15) is 25.5 Å². The number of nitrogens with one attached hydrogen (secondary N) is 1. The highest BCUT2D eigenvalue weighted by Crippen LogP contribution is 2.23. The molecule has 1 aromatic carbocycles. The Bertz CT molecular complexity index is 590. The van der Waals surface area contributed by atoms with E-state index in [0.29, 0.717) is 6.42 Å². The summed E-state index contributed by atoms with van der Waals surface area (Å²) < 4.78 is 5.36. The molecule has 0 spiro atoms. The number of benzene rings is 1. The molecule has 1 aliphatic rings. The molecular weight excluding hydrogens is 264 g/mol. The highest BCUT2D eigenvalue weighted by atomic mass is 16.3. The Balaban J connectivity index is 1.60. The fraction of sp³-hybridized carbons (Fsp3) is 0.353. The van der Waals surface area contributed by atoms with E-state index in [1.807, 2.05) is 41.3 Å². The van der Waals surface area contributed by atoms with E-state index in [-0.39, 0.29) is 11.9 Å². The van der Waals surface area contributed by atoms with Crippen molar-refractivity contribution in [2.24, 2.45) is 0 Å². The van der Waals surface area contributed by atoms with Gasteiger partial charge >= 0.3 is 0 Å². The van der Waals surface area contributed by atoms with Gasteiger partial charge in [0.1, 0.15) is 5.76 Å². The number of anilines is 2. The number of rotatable bonds is 5.